The molecule has 5 nitrogen and oxygen atoms in total. The molecule has 0 fully saturated rings. The van der Waals surface area contributed by atoms with Crippen molar-refractivity contribution in [1.29, 1.82) is 5.26 Å². The molecular weight excluding hydrogens is 232 g/mol. The van der Waals surface area contributed by atoms with Crippen molar-refractivity contribution in [2.24, 2.45) is 0 Å². The summed E-state index contributed by atoms with van der Waals surface area (Å²) in [6.07, 6.45) is 0. The van der Waals surface area contributed by atoms with Crippen molar-refractivity contribution in [1.82, 2.24) is 5.32 Å². The van der Waals surface area contributed by atoms with Gasteiger partial charge in [-0.2, -0.15) is 5.26 Å². The zero-order chi connectivity index (χ0) is 13.6. The maximum Gasteiger partial charge on any atom is 0.328 e. The number of methoxy groups -OCH3 is 1. The molecule has 0 bridgehead atoms. The lowest BCUT2D eigenvalue weighted by Gasteiger charge is -2.25. The van der Waals surface area contributed by atoms with Gasteiger partial charge in [0.15, 0.2) is 0 Å². The maximum absolute atomic E-state index is 11.5. The first kappa shape index (κ1) is 14.2. The van der Waals surface area contributed by atoms with Gasteiger partial charge < -0.3 is 9.84 Å². The van der Waals surface area contributed by atoms with Crippen LogP contribution in [0.3, 0.4) is 0 Å². The van der Waals surface area contributed by atoms with Crippen molar-refractivity contribution < 1.29 is 14.6 Å². The van der Waals surface area contributed by atoms with E-state index in [0.717, 1.165) is 5.56 Å². The van der Waals surface area contributed by atoms with Crippen LogP contribution in [0.1, 0.15) is 18.1 Å². The second-order valence-corrected chi connectivity index (χ2v) is 4.15. The third-order valence-corrected chi connectivity index (χ3v) is 2.69. The lowest BCUT2D eigenvalue weighted by molar-refractivity contribution is -0.149. The quantitative estimate of drug-likeness (QED) is 0.744. The summed E-state index contributed by atoms with van der Waals surface area (Å²) in [6, 6.07) is 9.08. The molecule has 0 radical (unpaired) electrons. The summed E-state index contributed by atoms with van der Waals surface area (Å²) in [4.78, 5) is 11.5. The van der Waals surface area contributed by atoms with Crippen LogP contribution >= 0.6 is 0 Å². The predicted molar refractivity (Wildman–Crippen MR) is 65.5 cm³/mol. The molecule has 0 saturated carbocycles. The van der Waals surface area contributed by atoms with E-state index in [-0.39, 0.29) is 6.61 Å². The molecule has 0 aliphatic heterocycles. The Morgan fingerprint density at radius 1 is 1.61 bits per heavy atom. The van der Waals surface area contributed by atoms with E-state index in [9.17, 15) is 9.90 Å². The van der Waals surface area contributed by atoms with E-state index in [1.54, 1.807) is 25.1 Å². The van der Waals surface area contributed by atoms with E-state index in [2.05, 4.69) is 10.1 Å². The fourth-order valence-corrected chi connectivity index (χ4v) is 1.47. The van der Waals surface area contributed by atoms with E-state index in [4.69, 9.17) is 5.26 Å². The molecule has 1 aromatic carbocycles. The summed E-state index contributed by atoms with van der Waals surface area (Å²) >= 11 is 0. The van der Waals surface area contributed by atoms with Crippen molar-refractivity contribution in [3.05, 3.63) is 35.4 Å². The average molecular weight is 248 g/mol. The molecule has 96 valence electrons. The Balaban J connectivity index is 2.74. The number of aliphatic hydroxyl groups is 1. The van der Waals surface area contributed by atoms with Gasteiger partial charge in [0.05, 0.1) is 25.3 Å². The van der Waals surface area contributed by atoms with Crippen LogP contribution < -0.4 is 5.32 Å². The molecule has 0 saturated heterocycles. The minimum atomic E-state index is -1.14. The molecule has 0 aliphatic carbocycles. The highest BCUT2D eigenvalue weighted by atomic mass is 16.5. The van der Waals surface area contributed by atoms with E-state index in [1.165, 1.54) is 7.11 Å². The minimum Gasteiger partial charge on any atom is -0.468 e. The molecule has 1 aromatic rings. The summed E-state index contributed by atoms with van der Waals surface area (Å²) in [7, 11) is 1.27. The Bertz CT molecular complexity index is 468. The first-order valence-electron chi connectivity index (χ1n) is 5.49. The van der Waals surface area contributed by atoms with Crippen LogP contribution in [-0.4, -0.2) is 30.3 Å². The number of esters is 1. The Hall–Kier alpha value is -1.90. The normalized spacial score (nSPS) is 13.4. The van der Waals surface area contributed by atoms with Crippen molar-refractivity contribution in [3.8, 4) is 6.07 Å². The average Bonchev–Trinajstić information content (AvgIpc) is 2.44. The topological polar surface area (TPSA) is 82.3 Å². The molecule has 0 spiro atoms. The van der Waals surface area contributed by atoms with Gasteiger partial charge in [0.25, 0.3) is 0 Å². The second kappa shape index (κ2) is 6.15. The number of carbonyl (C=O) groups is 1. The van der Waals surface area contributed by atoms with E-state index in [1.807, 2.05) is 12.1 Å². The smallest absolute Gasteiger partial charge is 0.328 e. The van der Waals surface area contributed by atoms with Gasteiger partial charge >= 0.3 is 5.97 Å². The molecule has 1 unspecified atom stereocenters. The number of aliphatic hydroxyl groups excluding tert-OH is 1. The molecule has 2 N–H and O–H groups in total. The zero-order valence-corrected chi connectivity index (χ0v) is 10.4. The predicted octanol–water partition coefficient (Wildman–Crippen LogP) is 0.572. The molecule has 0 amide bonds. The summed E-state index contributed by atoms with van der Waals surface area (Å²) < 4.78 is 4.63. The van der Waals surface area contributed by atoms with Gasteiger partial charge in [-0.15, -0.1) is 0 Å². The van der Waals surface area contributed by atoms with Gasteiger partial charge in [0, 0.05) is 6.54 Å². The van der Waals surface area contributed by atoms with Crippen LogP contribution in [0, 0.1) is 11.3 Å². The zero-order valence-electron chi connectivity index (χ0n) is 10.4. The monoisotopic (exact) mass is 248 g/mol. The molecule has 5 heteroatoms. The van der Waals surface area contributed by atoms with Crippen molar-refractivity contribution in [3.63, 3.8) is 0 Å². The lowest BCUT2D eigenvalue weighted by Crippen LogP contribution is -2.52. The highest BCUT2D eigenvalue weighted by Gasteiger charge is 2.32. The minimum absolute atomic E-state index is 0.363. The van der Waals surface area contributed by atoms with Gasteiger partial charge in [0.1, 0.15) is 5.54 Å². The molecule has 0 aliphatic rings. The summed E-state index contributed by atoms with van der Waals surface area (Å²) in [5.41, 5.74) is 0.271. The number of carbonyl (C=O) groups excluding carboxylic acids is 1. The first-order valence-corrected chi connectivity index (χ1v) is 5.49. The van der Waals surface area contributed by atoms with Crippen LogP contribution in [-0.2, 0) is 16.1 Å². The van der Waals surface area contributed by atoms with Gasteiger partial charge in [-0.1, -0.05) is 12.1 Å². The van der Waals surface area contributed by atoms with Crippen LogP contribution in [0.15, 0.2) is 24.3 Å². The van der Waals surface area contributed by atoms with Crippen LogP contribution in [0.2, 0.25) is 0 Å². The third kappa shape index (κ3) is 3.29. The first-order chi connectivity index (χ1) is 8.55. The number of hydrogen-bond acceptors (Lipinski definition) is 5. The number of benzene rings is 1. The van der Waals surface area contributed by atoms with Gasteiger partial charge in [-0.25, -0.2) is 4.79 Å². The Labute approximate surface area is 106 Å². The fraction of sp³-hybridized carbons (Fsp3) is 0.385. The maximum atomic E-state index is 11.5. The second-order valence-electron chi connectivity index (χ2n) is 4.15. The third-order valence-electron chi connectivity index (χ3n) is 2.69. The number of nitriles is 1. The molecular formula is C13H16N2O3. The Morgan fingerprint density at radius 2 is 2.33 bits per heavy atom. The van der Waals surface area contributed by atoms with Crippen molar-refractivity contribution in [2.75, 3.05) is 13.7 Å². The number of hydrogen-bond donors (Lipinski definition) is 2. The van der Waals surface area contributed by atoms with Gasteiger partial charge in [-0.3, -0.25) is 5.32 Å². The molecule has 18 heavy (non-hydrogen) atoms. The highest BCUT2D eigenvalue weighted by molar-refractivity contribution is 5.80. The SMILES string of the molecule is COC(=O)C(C)(CO)NCc1cccc(C#N)c1. The van der Waals surface area contributed by atoms with Gasteiger partial charge in [-0.05, 0) is 24.6 Å². The summed E-state index contributed by atoms with van der Waals surface area (Å²) in [6.45, 7) is 1.56. The van der Waals surface area contributed by atoms with E-state index in [0.29, 0.717) is 12.1 Å². The Kier molecular flexibility index (Phi) is 4.84. The van der Waals surface area contributed by atoms with Crippen LogP contribution in [0.25, 0.3) is 0 Å². The Morgan fingerprint density at radius 3 is 2.89 bits per heavy atom. The highest BCUT2D eigenvalue weighted by Crippen LogP contribution is 2.09. The van der Waals surface area contributed by atoms with Crippen molar-refractivity contribution >= 4 is 5.97 Å². The van der Waals surface area contributed by atoms with Gasteiger partial charge in [0.2, 0.25) is 0 Å². The van der Waals surface area contributed by atoms with E-state index >= 15 is 0 Å². The molecule has 1 atom stereocenters. The number of rotatable bonds is 5. The van der Waals surface area contributed by atoms with Crippen LogP contribution in [0.5, 0.6) is 0 Å². The summed E-state index contributed by atoms with van der Waals surface area (Å²) in [5.74, 6) is -0.526. The number of nitrogens with one attached hydrogen (secondary N) is 1. The summed E-state index contributed by atoms with van der Waals surface area (Å²) in [5, 5.41) is 21.0. The van der Waals surface area contributed by atoms with Crippen molar-refractivity contribution in [2.45, 2.75) is 19.0 Å². The molecule has 0 heterocycles. The van der Waals surface area contributed by atoms with Crippen LogP contribution in [0.4, 0.5) is 0 Å². The number of ether oxygens (including phenoxy) is 1. The molecule has 1 rings (SSSR count). The fourth-order valence-electron chi connectivity index (χ4n) is 1.47. The lowest BCUT2D eigenvalue weighted by atomic mass is 10.0. The number of nitrogens with zero attached hydrogens (tertiary/aromatic N) is 1. The van der Waals surface area contributed by atoms with E-state index < -0.39 is 11.5 Å². The molecule has 0 aromatic heterocycles. The largest absolute Gasteiger partial charge is 0.468 e. The standard InChI is InChI=1S/C13H16N2O3/c1-13(9-16,12(17)18-2)15-8-11-5-3-4-10(6-11)7-14/h3-6,15-16H,8-9H2,1-2H3.